The summed E-state index contributed by atoms with van der Waals surface area (Å²) in [4.78, 5) is 7.15. The minimum atomic E-state index is -0.247. The highest BCUT2D eigenvalue weighted by atomic mass is 79.9. The van der Waals surface area contributed by atoms with Crippen LogP contribution in [0, 0.1) is 5.82 Å². The fourth-order valence-corrected chi connectivity index (χ4v) is 4.93. The molecule has 1 aliphatic heterocycles. The van der Waals surface area contributed by atoms with Gasteiger partial charge in [0.05, 0.1) is 11.9 Å². The maximum Gasteiger partial charge on any atom is 0.231 e. The molecule has 0 amide bonds. The van der Waals surface area contributed by atoms with E-state index >= 15 is 0 Å². The Morgan fingerprint density at radius 1 is 1.03 bits per heavy atom. The molecule has 5 nitrogen and oxygen atoms in total. The van der Waals surface area contributed by atoms with E-state index in [4.69, 9.17) is 14.5 Å². The van der Waals surface area contributed by atoms with Gasteiger partial charge in [-0.2, -0.15) is 0 Å². The van der Waals surface area contributed by atoms with Crippen LogP contribution in [0.5, 0.6) is 11.5 Å². The van der Waals surface area contributed by atoms with Crippen LogP contribution in [0.4, 0.5) is 4.39 Å². The van der Waals surface area contributed by atoms with Gasteiger partial charge in [-0.15, -0.1) is 0 Å². The predicted octanol–water partition coefficient (Wildman–Crippen LogP) is 7.70. The van der Waals surface area contributed by atoms with E-state index in [1.807, 2.05) is 54.7 Å². The van der Waals surface area contributed by atoms with Crippen LogP contribution in [0.15, 0.2) is 83.5 Å². The summed E-state index contributed by atoms with van der Waals surface area (Å²) >= 11 is 3.33. The molecule has 0 bridgehead atoms. The van der Waals surface area contributed by atoms with E-state index in [9.17, 15) is 4.39 Å². The number of rotatable bonds is 11. The van der Waals surface area contributed by atoms with Crippen molar-refractivity contribution in [2.75, 3.05) is 13.3 Å². The zero-order valence-electron chi connectivity index (χ0n) is 21.4. The van der Waals surface area contributed by atoms with Crippen molar-refractivity contribution in [2.24, 2.45) is 0 Å². The second-order valence-corrected chi connectivity index (χ2v) is 10.3. The zero-order chi connectivity index (χ0) is 26.3. The van der Waals surface area contributed by atoms with Gasteiger partial charge in [-0.05, 0) is 36.2 Å². The molecular weight excluding hydrogens is 545 g/mol. The van der Waals surface area contributed by atoms with Crippen molar-refractivity contribution in [3.63, 3.8) is 0 Å². The summed E-state index contributed by atoms with van der Waals surface area (Å²) in [6.45, 7) is 5.41. The number of fused-ring (bicyclic) bond motifs is 1. The van der Waals surface area contributed by atoms with Crippen molar-refractivity contribution in [3.8, 4) is 22.9 Å². The van der Waals surface area contributed by atoms with Gasteiger partial charge in [0, 0.05) is 41.8 Å². The number of hydrogen-bond donors (Lipinski definition) is 0. The van der Waals surface area contributed by atoms with Gasteiger partial charge < -0.3 is 14.0 Å². The standard InChI is InChI=1S/C31H31BrFN3O2/c1-2-3-16-36-27(19-34-31(36)25-8-5-4-6-9-25)21-35(15-7-10-24-12-13-26(32)18-28(24)33)20-23-11-14-29-30(17-23)38-22-37-29/h4-14,17-19H,2-3,15-16,20-22H2,1H3/b10-7+. The molecule has 1 aliphatic rings. The molecule has 7 heteroatoms. The minimum Gasteiger partial charge on any atom is -0.454 e. The van der Waals surface area contributed by atoms with E-state index in [0.717, 1.165) is 58.0 Å². The third-order valence-corrected chi connectivity index (χ3v) is 7.05. The van der Waals surface area contributed by atoms with Crippen molar-refractivity contribution < 1.29 is 13.9 Å². The lowest BCUT2D eigenvalue weighted by atomic mass is 10.1. The normalized spacial score (nSPS) is 12.6. The third-order valence-electron chi connectivity index (χ3n) is 6.56. The fraction of sp³-hybridized carbons (Fsp3) is 0.258. The Morgan fingerprint density at radius 3 is 2.68 bits per heavy atom. The molecule has 1 aromatic heterocycles. The van der Waals surface area contributed by atoms with Crippen LogP contribution in [0.1, 0.15) is 36.6 Å². The molecule has 0 N–H and O–H groups in total. The van der Waals surface area contributed by atoms with Crippen LogP contribution in [0.3, 0.4) is 0 Å². The number of aromatic nitrogens is 2. The number of benzene rings is 3. The van der Waals surface area contributed by atoms with Gasteiger partial charge in [0.25, 0.3) is 0 Å². The van der Waals surface area contributed by atoms with Gasteiger partial charge in [-0.3, -0.25) is 4.90 Å². The summed E-state index contributed by atoms with van der Waals surface area (Å²) in [6, 6.07) is 21.5. The fourth-order valence-electron chi connectivity index (χ4n) is 4.60. The first-order valence-electron chi connectivity index (χ1n) is 12.9. The minimum absolute atomic E-state index is 0.247. The van der Waals surface area contributed by atoms with Gasteiger partial charge in [0.1, 0.15) is 11.6 Å². The van der Waals surface area contributed by atoms with Crippen LogP contribution in [-0.2, 0) is 19.6 Å². The molecule has 196 valence electrons. The maximum atomic E-state index is 14.4. The molecule has 38 heavy (non-hydrogen) atoms. The van der Waals surface area contributed by atoms with Gasteiger partial charge in [0.2, 0.25) is 6.79 Å². The summed E-state index contributed by atoms with van der Waals surface area (Å²) in [5.41, 5.74) is 3.96. The van der Waals surface area contributed by atoms with Crippen LogP contribution >= 0.6 is 15.9 Å². The molecule has 0 spiro atoms. The molecule has 0 fully saturated rings. The second kappa shape index (κ2) is 12.4. The van der Waals surface area contributed by atoms with Gasteiger partial charge in [-0.25, -0.2) is 9.37 Å². The summed E-state index contributed by atoms with van der Waals surface area (Å²) in [7, 11) is 0. The van der Waals surface area contributed by atoms with Gasteiger partial charge in [0.15, 0.2) is 11.5 Å². The second-order valence-electron chi connectivity index (χ2n) is 9.37. The Labute approximate surface area is 231 Å². The first-order chi connectivity index (χ1) is 18.6. The lowest BCUT2D eigenvalue weighted by molar-refractivity contribution is 0.174. The number of nitrogens with zero attached hydrogens (tertiary/aromatic N) is 3. The van der Waals surface area contributed by atoms with Crippen molar-refractivity contribution in [1.29, 1.82) is 0 Å². The Morgan fingerprint density at radius 2 is 1.87 bits per heavy atom. The van der Waals surface area contributed by atoms with E-state index in [-0.39, 0.29) is 12.6 Å². The van der Waals surface area contributed by atoms with E-state index in [0.29, 0.717) is 25.2 Å². The average molecular weight is 577 g/mol. The summed E-state index contributed by atoms with van der Waals surface area (Å²) in [5, 5.41) is 0. The SMILES string of the molecule is CCCCn1c(CN(C/C=C/c2ccc(Br)cc2F)Cc2ccc3c(c2)OCO3)cnc1-c1ccccc1. The first-order valence-corrected chi connectivity index (χ1v) is 13.7. The molecule has 4 aromatic rings. The zero-order valence-corrected chi connectivity index (χ0v) is 23.0. The van der Waals surface area contributed by atoms with Crippen molar-refractivity contribution in [1.82, 2.24) is 14.5 Å². The number of unbranched alkanes of at least 4 members (excludes halogenated alkanes) is 1. The molecule has 3 aromatic carbocycles. The molecule has 0 aliphatic carbocycles. The quantitative estimate of drug-likeness (QED) is 0.184. The Balaban J connectivity index is 1.41. The molecule has 0 radical (unpaired) electrons. The molecule has 0 saturated carbocycles. The monoisotopic (exact) mass is 575 g/mol. The molecular formula is C31H31BrFN3O2. The smallest absolute Gasteiger partial charge is 0.231 e. The number of halogens is 2. The highest BCUT2D eigenvalue weighted by molar-refractivity contribution is 9.10. The van der Waals surface area contributed by atoms with E-state index in [2.05, 4.69) is 50.5 Å². The van der Waals surface area contributed by atoms with Crippen LogP contribution < -0.4 is 9.47 Å². The van der Waals surface area contributed by atoms with E-state index in [1.165, 1.54) is 6.07 Å². The lowest BCUT2D eigenvalue weighted by Gasteiger charge is -2.22. The lowest BCUT2D eigenvalue weighted by Crippen LogP contribution is -2.24. The number of hydrogen-bond acceptors (Lipinski definition) is 4. The number of imidazole rings is 1. The molecule has 5 rings (SSSR count). The molecule has 0 unspecified atom stereocenters. The maximum absolute atomic E-state index is 14.4. The highest BCUT2D eigenvalue weighted by Gasteiger charge is 2.17. The summed E-state index contributed by atoms with van der Waals surface area (Å²) in [6.07, 6.45) is 8.04. The van der Waals surface area contributed by atoms with Crippen molar-refractivity contribution in [3.05, 3.63) is 106 Å². The van der Waals surface area contributed by atoms with Crippen LogP contribution in [0.2, 0.25) is 0 Å². The largest absolute Gasteiger partial charge is 0.454 e. The third kappa shape index (κ3) is 6.34. The summed E-state index contributed by atoms with van der Waals surface area (Å²) < 4.78 is 28.6. The number of ether oxygens (including phenoxy) is 2. The summed E-state index contributed by atoms with van der Waals surface area (Å²) in [5.74, 6) is 2.29. The van der Waals surface area contributed by atoms with Crippen molar-refractivity contribution in [2.45, 2.75) is 39.4 Å². The van der Waals surface area contributed by atoms with E-state index in [1.54, 1.807) is 6.07 Å². The van der Waals surface area contributed by atoms with E-state index < -0.39 is 0 Å². The van der Waals surface area contributed by atoms with Crippen molar-refractivity contribution >= 4 is 22.0 Å². The Hall–Kier alpha value is -3.42. The molecule has 0 atom stereocenters. The highest BCUT2D eigenvalue weighted by Crippen LogP contribution is 2.33. The Bertz CT molecular complexity index is 1400. The first kappa shape index (κ1) is 26.2. The predicted molar refractivity (Wildman–Crippen MR) is 152 cm³/mol. The van der Waals surface area contributed by atoms with Gasteiger partial charge in [-0.1, -0.05) is 83.9 Å². The topological polar surface area (TPSA) is 39.5 Å². The molecule has 0 saturated heterocycles. The Kier molecular flexibility index (Phi) is 8.56. The average Bonchev–Trinajstić information content (AvgIpc) is 3.55. The molecule has 2 heterocycles. The van der Waals surface area contributed by atoms with Crippen LogP contribution in [0.25, 0.3) is 17.5 Å². The van der Waals surface area contributed by atoms with Gasteiger partial charge >= 0.3 is 0 Å². The van der Waals surface area contributed by atoms with Crippen LogP contribution in [-0.4, -0.2) is 27.8 Å².